The van der Waals surface area contributed by atoms with Crippen LogP contribution in [0, 0.1) is 23.6 Å². The van der Waals surface area contributed by atoms with E-state index in [4.69, 9.17) is 0 Å². The molecular weight excluding hydrogens is 329 g/mol. The molecule has 5 heteroatoms. The highest BCUT2D eigenvalue weighted by Crippen LogP contribution is 2.49. The number of anilines is 1. The number of hydrogen-bond acceptors (Lipinski definition) is 3. The van der Waals surface area contributed by atoms with Gasteiger partial charge in [0.15, 0.2) is 0 Å². The second-order valence-electron chi connectivity index (χ2n) is 8.43. The number of rotatable bonds is 5. The largest absolute Gasteiger partial charge is 0.369 e. The number of hydrogen-bond donors (Lipinski definition) is 1. The van der Waals surface area contributed by atoms with Crippen LogP contribution in [-0.4, -0.2) is 49.6 Å². The van der Waals surface area contributed by atoms with E-state index in [-0.39, 0.29) is 11.7 Å². The summed E-state index contributed by atoms with van der Waals surface area (Å²) in [6.07, 6.45) is 5.46. The van der Waals surface area contributed by atoms with E-state index in [9.17, 15) is 9.18 Å². The second kappa shape index (κ2) is 7.55. The van der Waals surface area contributed by atoms with Crippen molar-refractivity contribution in [3.05, 3.63) is 30.1 Å². The van der Waals surface area contributed by atoms with Crippen LogP contribution in [0.5, 0.6) is 0 Å². The van der Waals surface area contributed by atoms with Crippen LogP contribution >= 0.6 is 0 Å². The first-order valence-corrected chi connectivity index (χ1v) is 10.1. The van der Waals surface area contributed by atoms with Gasteiger partial charge in [0.1, 0.15) is 5.82 Å². The van der Waals surface area contributed by atoms with Crippen molar-refractivity contribution in [2.24, 2.45) is 17.8 Å². The molecular formula is C21H30FN3O. The fraction of sp³-hybridized carbons (Fsp3) is 0.667. The molecule has 4 atom stereocenters. The predicted molar refractivity (Wildman–Crippen MR) is 102 cm³/mol. The topological polar surface area (TPSA) is 35.6 Å². The number of nitrogens with one attached hydrogen (secondary N) is 1. The fourth-order valence-corrected chi connectivity index (χ4v) is 5.33. The van der Waals surface area contributed by atoms with Gasteiger partial charge >= 0.3 is 0 Å². The minimum atomic E-state index is -0.200. The Hall–Kier alpha value is -1.62. The Bertz CT molecular complexity index is 627. The summed E-state index contributed by atoms with van der Waals surface area (Å²) in [5.74, 6) is 2.41. The monoisotopic (exact) mass is 359 g/mol. The molecule has 1 heterocycles. The van der Waals surface area contributed by atoms with Crippen LogP contribution in [0.3, 0.4) is 0 Å². The van der Waals surface area contributed by atoms with Gasteiger partial charge in [-0.1, -0.05) is 6.42 Å². The van der Waals surface area contributed by atoms with Gasteiger partial charge in [-0.2, -0.15) is 0 Å². The number of benzene rings is 1. The lowest BCUT2D eigenvalue weighted by molar-refractivity contribution is -0.123. The minimum Gasteiger partial charge on any atom is -0.369 e. The third-order valence-electron chi connectivity index (χ3n) is 6.75. The first kappa shape index (κ1) is 17.8. The predicted octanol–water partition coefficient (Wildman–Crippen LogP) is 2.89. The molecule has 4 nitrogen and oxygen atoms in total. The number of piperazine rings is 1. The Balaban J connectivity index is 1.21. The van der Waals surface area contributed by atoms with Crippen molar-refractivity contribution in [3.63, 3.8) is 0 Å². The van der Waals surface area contributed by atoms with E-state index in [2.05, 4.69) is 22.0 Å². The van der Waals surface area contributed by atoms with Crippen molar-refractivity contribution >= 4 is 11.6 Å². The zero-order chi connectivity index (χ0) is 18.1. The molecule has 142 valence electrons. The Labute approximate surface area is 155 Å². The van der Waals surface area contributed by atoms with Crippen molar-refractivity contribution < 1.29 is 9.18 Å². The molecule has 2 saturated carbocycles. The average Bonchev–Trinajstić information content (AvgIpc) is 3.26. The number of fused-ring (bicyclic) bond motifs is 2. The fourth-order valence-electron chi connectivity index (χ4n) is 5.33. The summed E-state index contributed by atoms with van der Waals surface area (Å²) in [7, 11) is 0. The van der Waals surface area contributed by atoms with E-state index in [1.807, 2.05) is 12.1 Å². The molecule has 26 heavy (non-hydrogen) atoms. The molecule has 1 amide bonds. The molecule has 1 aromatic rings. The van der Waals surface area contributed by atoms with Gasteiger partial charge in [-0.3, -0.25) is 9.69 Å². The number of amides is 1. The van der Waals surface area contributed by atoms with Gasteiger partial charge in [0.2, 0.25) is 5.91 Å². The van der Waals surface area contributed by atoms with Crippen molar-refractivity contribution in [3.8, 4) is 0 Å². The second-order valence-corrected chi connectivity index (χ2v) is 8.43. The van der Waals surface area contributed by atoms with E-state index < -0.39 is 0 Å². The molecule has 1 saturated heterocycles. The molecule has 1 aromatic carbocycles. The molecule has 4 rings (SSSR count). The summed E-state index contributed by atoms with van der Waals surface area (Å²) in [5, 5.41) is 3.27. The maximum atomic E-state index is 13.1. The molecule has 3 aliphatic rings. The number of carbonyl (C=O) groups is 1. The summed E-state index contributed by atoms with van der Waals surface area (Å²) in [6.45, 7) is 6.17. The van der Waals surface area contributed by atoms with Gasteiger partial charge in [0, 0.05) is 37.9 Å². The summed E-state index contributed by atoms with van der Waals surface area (Å²) >= 11 is 0. The zero-order valence-corrected chi connectivity index (χ0v) is 15.7. The summed E-state index contributed by atoms with van der Waals surface area (Å²) in [6, 6.07) is 6.97. The lowest BCUT2D eigenvalue weighted by Gasteiger charge is -2.36. The third-order valence-corrected chi connectivity index (χ3v) is 6.75. The highest BCUT2D eigenvalue weighted by Gasteiger charge is 2.42. The van der Waals surface area contributed by atoms with E-state index >= 15 is 0 Å². The van der Waals surface area contributed by atoms with Crippen molar-refractivity contribution in [2.45, 2.75) is 38.6 Å². The van der Waals surface area contributed by atoms with Crippen LogP contribution in [0.4, 0.5) is 10.1 Å². The molecule has 0 radical (unpaired) electrons. The van der Waals surface area contributed by atoms with Gasteiger partial charge in [-0.05, 0) is 68.2 Å². The Morgan fingerprint density at radius 3 is 2.50 bits per heavy atom. The first-order chi connectivity index (χ1) is 12.6. The Kier molecular flexibility index (Phi) is 5.16. The van der Waals surface area contributed by atoms with E-state index in [1.165, 1.54) is 37.8 Å². The lowest BCUT2D eigenvalue weighted by atomic mass is 9.84. The lowest BCUT2D eigenvalue weighted by Crippen LogP contribution is -2.51. The van der Waals surface area contributed by atoms with Gasteiger partial charge in [0.25, 0.3) is 0 Å². The normalized spacial score (nSPS) is 29.8. The smallest absolute Gasteiger partial charge is 0.234 e. The van der Waals surface area contributed by atoms with Gasteiger partial charge in [-0.15, -0.1) is 0 Å². The van der Waals surface area contributed by atoms with Crippen LogP contribution in [-0.2, 0) is 4.79 Å². The van der Waals surface area contributed by atoms with Crippen molar-refractivity contribution in [2.75, 3.05) is 37.6 Å². The first-order valence-electron chi connectivity index (χ1n) is 10.1. The zero-order valence-electron chi connectivity index (χ0n) is 15.7. The van der Waals surface area contributed by atoms with E-state index in [1.54, 1.807) is 0 Å². The number of carbonyl (C=O) groups excluding carboxylic acids is 1. The van der Waals surface area contributed by atoms with Crippen molar-refractivity contribution in [1.82, 2.24) is 10.2 Å². The standard InChI is InChI=1S/C21H30FN3O/c1-15(20-13-16-2-3-17(20)12-16)23-21(26)14-24-8-10-25(11-9-24)19-6-4-18(22)5-7-19/h4-7,15-17,20H,2-3,8-14H2,1H3,(H,23,26)/t15-,16+,17+,20+/m1/s1. The number of halogens is 1. The molecule has 3 fully saturated rings. The van der Waals surface area contributed by atoms with E-state index in [0.29, 0.717) is 18.5 Å². The highest BCUT2D eigenvalue weighted by atomic mass is 19.1. The van der Waals surface area contributed by atoms with Crippen LogP contribution in [0.25, 0.3) is 0 Å². The quantitative estimate of drug-likeness (QED) is 0.878. The molecule has 1 aliphatic heterocycles. The van der Waals surface area contributed by atoms with Gasteiger partial charge in [0.05, 0.1) is 6.54 Å². The summed E-state index contributed by atoms with van der Waals surface area (Å²) in [5.41, 5.74) is 1.06. The van der Waals surface area contributed by atoms with Crippen LogP contribution in [0.1, 0.15) is 32.6 Å². The van der Waals surface area contributed by atoms with Gasteiger partial charge < -0.3 is 10.2 Å². The molecule has 1 N–H and O–H groups in total. The minimum absolute atomic E-state index is 0.163. The summed E-state index contributed by atoms with van der Waals surface area (Å²) in [4.78, 5) is 16.9. The molecule has 2 aliphatic carbocycles. The maximum absolute atomic E-state index is 13.1. The van der Waals surface area contributed by atoms with Crippen LogP contribution in [0.15, 0.2) is 24.3 Å². The maximum Gasteiger partial charge on any atom is 0.234 e. The average molecular weight is 359 g/mol. The number of nitrogens with zero attached hydrogens (tertiary/aromatic N) is 2. The molecule has 2 bridgehead atoms. The molecule has 0 spiro atoms. The Morgan fingerprint density at radius 2 is 1.88 bits per heavy atom. The summed E-state index contributed by atoms with van der Waals surface area (Å²) < 4.78 is 13.1. The SMILES string of the molecule is C[C@@H](NC(=O)CN1CCN(c2ccc(F)cc2)CC1)[C@@H]1C[C@H]2CC[C@H]1C2. The van der Waals surface area contributed by atoms with Gasteiger partial charge in [-0.25, -0.2) is 4.39 Å². The van der Waals surface area contributed by atoms with Crippen molar-refractivity contribution in [1.29, 1.82) is 0 Å². The third kappa shape index (κ3) is 3.88. The van der Waals surface area contributed by atoms with Crippen LogP contribution in [0.2, 0.25) is 0 Å². The molecule has 0 unspecified atom stereocenters. The Morgan fingerprint density at radius 1 is 1.15 bits per heavy atom. The van der Waals surface area contributed by atoms with Crippen LogP contribution < -0.4 is 10.2 Å². The van der Waals surface area contributed by atoms with E-state index in [0.717, 1.165) is 43.7 Å². The molecule has 0 aromatic heterocycles. The highest BCUT2D eigenvalue weighted by molar-refractivity contribution is 5.78.